The van der Waals surface area contributed by atoms with Crippen LogP contribution in [0.15, 0.2) is 30.4 Å². The Morgan fingerprint density at radius 3 is 2.69 bits per heavy atom. The van der Waals surface area contributed by atoms with Crippen molar-refractivity contribution in [3.63, 3.8) is 0 Å². The number of alkyl halides is 3. The molecular formula is C31H40ClF3N4O6. The second kappa shape index (κ2) is 14.0. The lowest BCUT2D eigenvalue weighted by Crippen LogP contribution is -2.55. The Hall–Kier alpha value is -3.32. The van der Waals surface area contributed by atoms with Gasteiger partial charge < -0.3 is 30.3 Å². The minimum absolute atomic E-state index is 0. The molecule has 1 aliphatic carbocycles. The zero-order valence-corrected chi connectivity index (χ0v) is 26.0. The third-order valence-electron chi connectivity index (χ3n) is 9.02. The monoisotopic (exact) mass is 656 g/mol. The van der Waals surface area contributed by atoms with Crippen LogP contribution in [0, 0.1) is 5.92 Å². The van der Waals surface area contributed by atoms with E-state index in [4.69, 9.17) is 15.2 Å². The summed E-state index contributed by atoms with van der Waals surface area (Å²) in [6, 6.07) is 2.03. The predicted octanol–water partition coefficient (Wildman–Crippen LogP) is 3.88. The lowest BCUT2D eigenvalue weighted by Gasteiger charge is -2.31. The molecule has 0 radical (unpaired) electrons. The molecule has 0 spiro atoms. The topological polar surface area (TPSA) is 131 Å². The molecular weight excluding hydrogens is 617 g/mol. The zero-order chi connectivity index (χ0) is 31.6. The quantitative estimate of drug-likeness (QED) is 0.373. The molecule has 0 bridgehead atoms. The van der Waals surface area contributed by atoms with Crippen LogP contribution in [0.4, 0.5) is 18.0 Å². The van der Waals surface area contributed by atoms with Gasteiger partial charge in [-0.05, 0) is 56.2 Å². The lowest BCUT2D eigenvalue weighted by atomic mass is 9.95. The van der Waals surface area contributed by atoms with Crippen LogP contribution in [0.3, 0.4) is 0 Å². The van der Waals surface area contributed by atoms with Gasteiger partial charge in [0.05, 0.1) is 24.8 Å². The van der Waals surface area contributed by atoms with Crippen molar-refractivity contribution in [2.45, 2.75) is 94.7 Å². The highest BCUT2D eigenvalue weighted by Gasteiger charge is 2.62. The molecule has 45 heavy (non-hydrogen) atoms. The van der Waals surface area contributed by atoms with Gasteiger partial charge in [0.25, 0.3) is 0 Å². The number of hydrogen-bond donors (Lipinski definition) is 2. The van der Waals surface area contributed by atoms with Crippen molar-refractivity contribution in [2.24, 2.45) is 11.7 Å². The maximum Gasteiger partial charge on any atom is 0.416 e. The molecule has 1 saturated carbocycles. The number of fused-ring (bicyclic) bond motifs is 3. The van der Waals surface area contributed by atoms with Gasteiger partial charge in [0.2, 0.25) is 11.8 Å². The summed E-state index contributed by atoms with van der Waals surface area (Å²) in [5.74, 6) is -1.84. The van der Waals surface area contributed by atoms with Crippen molar-refractivity contribution in [3.05, 3.63) is 47.0 Å². The molecule has 5 unspecified atom stereocenters. The molecule has 3 aliphatic heterocycles. The standard InChI is InChI=1S/C31H39F3N4O6.ClH/c1-2-43-28(41)30-16-20(30)10-6-4-3-5-7-12-24(35)27(40)38-17-21(15-25(38)26(39)36-30)44-29(42)37-14-13-19-9-8-11-23(22(19)18-37)31(32,33)34;/h6,8-11,20-21,24-25H,2-5,7,12-18,35H2,1H3,(H,36,39);1H/b10-6-;. The van der Waals surface area contributed by atoms with E-state index in [2.05, 4.69) is 5.32 Å². The minimum atomic E-state index is -4.57. The maximum absolute atomic E-state index is 13.7. The van der Waals surface area contributed by atoms with Gasteiger partial charge in [-0.1, -0.05) is 37.1 Å². The first-order valence-electron chi connectivity index (χ1n) is 15.3. The first-order chi connectivity index (χ1) is 20.9. The normalized spacial score (nSPS) is 29.4. The molecule has 3 N–H and O–H groups in total. The predicted molar refractivity (Wildman–Crippen MR) is 159 cm³/mol. The Morgan fingerprint density at radius 1 is 1.18 bits per heavy atom. The molecule has 3 amide bonds. The van der Waals surface area contributed by atoms with E-state index in [1.54, 1.807) is 13.0 Å². The molecule has 4 aliphatic rings. The van der Waals surface area contributed by atoms with Crippen LogP contribution in [-0.4, -0.2) is 77.1 Å². The molecule has 1 aromatic rings. The number of allylic oxidation sites excluding steroid dienone is 1. The van der Waals surface area contributed by atoms with Crippen LogP contribution >= 0.6 is 12.4 Å². The van der Waals surface area contributed by atoms with Crippen molar-refractivity contribution in [1.82, 2.24) is 15.1 Å². The fraction of sp³-hybridized carbons (Fsp3) is 0.613. The average molecular weight is 657 g/mol. The fourth-order valence-electron chi connectivity index (χ4n) is 6.51. The van der Waals surface area contributed by atoms with Gasteiger partial charge in [-0.3, -0.25) is 9.59 Å². The highest BCUT2D eigenvalue weighted by molar-refractivity contribution is 5.96. The van der Waals surface area contributed by atoms with Gasteiger partial charge in [-0.2, -0.15) is 13.2 Å². The third kappa shape index (κ3) is 7.40. The highest BCUT2D eigenvalue weighted by atomic mass is 35.5. The molecule has 5 rings (SSSR count). The smallest absolute Gasteiger partial charge is 0.416 e. The van der Waals surface area contributed by atoms with E-state index >= 15 is 0 Å². The summed E-state index contributed by atoms with van der Waals surface area (Å²) >= 11 is 0. The Balaban J connectivity index is 0.00000461. The maximum atomic E-state index is 13.7. The van der Waals surface area contributed by atoms with E-state index in [1.807, 2.05) is 12.2 Å². The summed E-state index contributed by atoms with van der Waals surface area (Å²) in [5.41, 5.74) is 4.76. The van der Waals surface area contributed by atoms with Crippen LogP contribution in [0.1, 0.15) is 68.6 Å². The molecule has 1 saturated heterocycles. The van der Waals surface area contributed by atoms with Gasteiger partial charge in [-0.25, -0.2) is 9.59 Å². The van der Waals surface area contributed by atoms with E-state index < -0.39 is 59.3 Å². The summed E-state index contributed by atoms with van der Waals surface area (Å²) in [6.45, 7) is 1.60. The SMILES string of the molecule is CCOC(=O)C12CC1/C=C\CCCCCC(N)C(=O)N1CC(OC(=O)N3CCc4cccc(C(F)(F)F)c4C3)CC1C(=O)N2.Cl. The van der Waals surface area contributed by atoms with Crippen molar-refractivity contribution >= 4 is 36.3 Å². The molecule has 1 aromatic carbocycles. The number of esters is 1. The number of ether oxygens (including phenoxy) is 2. The van der Waals surface area contributed by atoms with Crippen molar-refractivity contribution in [2.75, 3.05) is 19.7 Å². The number of nitrogens with zero attached hydrogens (tertiary/aromatic N) is 2. The second-order valence-corrected chi connectivity index (χ2v) is 12.0. The number of carbonyl (C=O) groups is 4. The number of hydrogen-bond acceptors (Lipinski definition) is 7. The van der Waals surface area contributed by atoms with Gasteiger partial charge in [0.15, 0.2) is 0 Å². The molecule has 248 valence electrons. The Kier molecular flexibility index (Phi) is 10.7. The van der Waals surface area contributed by atoms with E-state index in [0.29, 0.717) is 18.4 Å². The molecule has 2 fully saturated rings. The molecule has 0 aromatic heterocycles. The third-order valence-corrected chi connectivity index (χ3v) is 9.02. The number of nitrogens with one attached hydrogen (secondary N) is 1. The Bertz CT molecular complexity index is 1330. The molecule has 14 heteroatoms. The van der Waals surface area contributed by atoms with Gasteiger partial charge >= 0.3 is 18.2 Å². The Morgan fingerprint density at radius 2 is 1.96 bits per heavy atom. The molecule has 10 nitrogen and oxygen atoms in total. The largest absolute Gasteiger partial charge is 0.464 e. The molecule has 3 heterocycles. The summed E-state index contributed by atoms with van der Waals surface area (Å²) in [6.07, 6.45) is 1.85. The van der Waals surface area contributed by atoms with E-state index in [0.717, 1.165) is 31.7 Å². The summed E-state index contributed by atoms with van der Waals surface area (Å²) in [5, 5.41) is 2.84. The summed E-state index contributed by atoms with van der Waals surface area (Å²) < 4.78 is 51.9. The van der Waals surface area contributed by atoms with Gasteiger partial charge in [0, 0.05) is 25.4 Å². The van der Waals surface area contributed by atoms with Crippen molar-refractivity contribution < 1.29 is 41.8 Å². The van der Waals surface area contributed by atoms with Crippen LogP contribution in [0.5, 0.6) is 0 Å². The minimum Gasteiger partial charge on any atom is -0.464 e. The summed E-state index contributed by atoms with van der Waals surface area (Å²) in [4.78, 5) is 55.8. The van der Waals surface area contributed by atoms with Gasteiger partial charge in [0.1, 0.15) is 17.7 Å². The highest BCUT2D eigenvalue weighted by Crippen LogP contribution is 2.46. The van der Waals surface area contributed by atoms with Crippen molar-refractivity contribution in [1.29, 1.82) is 0 Å². The fourth-order valence-corrected chi connectivity index (χ4v) is 6.51. The zero-order valence-electron chi connectivity index (χ0n) is 25.1. The van der Waals surface area contributed by atoms with Gasteiger partial charge in [-0.15, -0.1) is 12.4 Å². The first-order valence-corrected chi connectivity index (χ1v) is 15.3. The van der Waals surface area contributed by atoms with E-state index in [9.17, 15) is 32.3 Å². The Labute approximate surface area is 266 Å². The van der Waals surface area contributed by atoms with Crippen LogP contribution < -0.4 is 11.1 Å². The number of amides is 3. The van der Waals surface area contributed by atoms with E-state index in [1.165, 1.54) is 15.9 Å². The van der Waals surface area contributed by atoms with Crippen LogP contribution in [-0.2, 0) is 43.0 Å². The number of rotatable bonds is 3. The average Bonchev–Trinajstić information content (AvgIpc) is 3.52. The van der Waals surface area contributed by atoms with Crippen LogP contribution in [0.25, 0.3) is 0 Å². The molecule has 5 atom stereocenters. The van der Waals surface area contributed by atoms with Crippen LogP contribution in [0.2, 0.25) is 0 Å². The van der Waals surface area contributed by atoms with E-state index in [-0.39, 0.29) is 63.0 Å². The number of nitrogens with two attached hydrogens (primary N) is 1. The second-order valence-electron chi connectivity index (χ2n) is 12.0. The number of halogens is 4. The summed E-state index contributed by atoms with van der Waals surface area (Å²) in [7, 11) is 0. The van der Waals surface area contributed by atoms with Crippen molar-refractivity contribution in [3.8, 4) is 0 Å². The number of benzene rings is 1. The number of carbonyl (C=O) groups excluding carboxylic acids is 4. The lowest BCUT2D eigenvalue weighted by molar-refractivity contribution is -0.150. The first kappa shape index (κ1) is 34.6.